The lowest BCUT2D eigenvalue weighted by Gasteiger charge is -2.28. The summed E-state index contributed by atoms with van der Waals surface area (Å²) in [6, 6.07) is 10.2. The summed E-state index contributed by atoms with van der Waals surface area (Å²) >= 11 is 1.29. The molecule has 1 aliphatic heterocycles. The van der Waals surface area contributed by atoms with Crippen LogP contribution in [0.1, 0.15) is 28.2 Å². The molecule has 0 fully saturated rings. The zero-order valence-corrected chi connectivity index (χ0v) is 17.0. The van der Waals surface area contributed by atoms with Crippen LogP contribution in [0, 0.1) is 0 Å². The van der Waals surface area contributed by atoms with Gasteiger partial charge in [0.1, 0.15) is 5.75 Å². The number of ketones is 1. The number of hydrogen-bond acceptors (Lipinski definition) is 6. The topological polar surface area (TPSA) is 70.1 Å². The Morgan fingerprint density at radius 1 is 1.29 bits per heavy atom. The molecule has 1 atom stereocenters. The van der Waals surface area contributed by atoms with Crippen LogP contribution in [0.25, 0.3) is 0 Å². The van der Waals surface area contributed by atoms with Gasteiger partial charge in [-0.05, 0) is 50.2 Å². The summed E-state index contributed by atoms with van der Waals surface area (Å²) in [5, 5.41) is 12.4. The van der Waals surface area contributed by atoms with Crippen molar-refractivity contribution in [1.29, 1.82) is 0 Å². The Balaban J connectivity index is 2.05. The number of hydrogen-bond donors (Lipinski definition) is 1. The highest BCUT2D eigenvalue weighted by molar-refractivity contribution is 7.12. The average Bonchev–Trinajstić information content (AvgIpc) is 3.28. The summed E-state index contributed by atoms with van der Waals surface area (Å²) in [6.07, 6.45) is 0. The third-order valence-electron chi connectivity index (χ3n) is 4.57. The van der Waals surface area contributed by atoms with E-state index in [1.807, 2.05) is 50.2 Å². The van der Waals surface area contributed by atoms with E-state index in [4.69, 9.17) is 4.74 Å². The normalized spacial score (nSPS) is 16.9. The van der Waals surface area contributed by atoms with Gasteiger partial charge < -0.3 is 19.6 Å². The van der Waals surface area contributed by atoms with Gasteiger partial charge in [0.2, 0.25) is 5.78 Å². The first-order chi connectivity index (χ1) is 13.4. The molecule has 1 amide bonds. The maximum absolute atomic E-state index is 13.1. The highest BCUT2D eigenvalue weighted by atomic mass is 32.1. The number of thiophene rings is 1. The van der Waals surface area contributed by atoms with Crippen LogP contribution in [0.15, 0.2) is 53.1 Å². The van der Waals surface area contributed by atoms with Crippen LogP contribution < -0.4 is 4.74 Å². The maximum atomic E-state index is 13.1. The SMILES string of the molecule is CCOc1cccc(C2C(C(=O)c3cccs3)=C(O)C(=O)N2CCN(C)C)c1. The minimum atomic E-state index is -0.651. The highest BCUT2D eigenvalue weighted by Crippen LogP contribution is 2.40. The molecular weight excluding hydrogens is 376 g/mol. The molecule has 1 N–H and O–H groups in total. The second-order valence-corrected chi connectivity index (χ2v) is 7.73. The molecule has 6 nitrogen and oxygen atoms in total. The second-order valence-electron chi connectivity index (χ2n) is 6.78. The van der Waals surface area contributed by atoms with E-state index in [-0.39, 0.29) is 11.4 Å². The van der Waals surface area contributed by atoms with Gasteiger partial charge in [0, 0.05) is 13.1 Å². The monoisotopic (exact) mass is 400 g/mol. The molecule has 0 saturated heterocycles. The Kier molecular flexibility index (Phi) is 6.16. The van der Waals surface area contributed by atoms with Crippen molar-refractivity contribution < 1.29 is 19.4 Å². The Hall–Kier alpha value is -2.64. The third-order valence-corrected chi connectivity index (χ3v) is 5.43. The number of ether oxygens (including phenoxy) is 1. The molecule has 1 unspecified atom stereocenters. The van der Waals surface area contributed by atoms with Crippen molar-refractivity contribution in [2.75, 3.05) is 33.8 Å². The fourth-order valence-corrected chi connectivity index (χ4v) is 3.93. The molecule has 0 bridgehead atoms. The van der Waals surface area contributed by atoms with Crippen LogP contribution in [0.5, 0.6) is 5.75 Å². The quantitative estimate of drug-likeness (QED) is 0.689. The molecule has 1 aromatic carbocycles. The van der Waals surface area contributed by atoms with Crippen molar-refractivity contribution in [3.8, 4) is 5.75 Å². The Labute approximate surface area is 168 Å². The van der Waals surface area contributed by atoms with Crippen molar-refractivity contribution in [3.63, 3.8) is 0 Å². The molecule has 0 spiro atoms. The van der Waals surface area contributed by atoms with Gasteiger partial charge in [-0.3, -0.25) is 9.59 Å². The van der Waals surface area contributed by atoms with E-state index in [1.165, 1.54) is 11.3 Å². The molecule has 0 aliphatic carbocycles. The first kappa shape index (κ1) is 20.1. The fraction of sp³-hybridized carbons (Fsp3) is 0.333. The van der Waals surface area contributed by atoms with Crippen LogP contribution >= 0.6 is 11.3 Å². The van der Waals surface area contributed by atoms with Crippen molar-refractivity contribution in [2.45, 2.75) is 13.0 Å². The van der Waals surface area contributed by atoms with E-state index in [1.54, 1.807) is 22.4 Å². The van der Waals surface area contributed by atoms with Crippen LogP contribution in [0.3, 0.4) is 0 Å². The number of rotatable bonds is 8. The van der Waals surface area contributed by atoms with Gasteiger partial charge in [-0.2, -0.15) is 0 Å². The van der Waals surface area contributed by atoms with E-state index in [0.29, 0.717) is 30.3 Å². The predicted octanol–water partition coefficient (Wildman–Crippen LogP) is 3.29. The van der Waals surface area contributed by atoms with E-state index >= 15 is 0 Å². The van der Waals surface area contributed by atoms with E-state index in [2.05, 4.69) is 0 Å². The van der Waals surface area contributed by atoms with Gasteiger partial charge in [-0.25, -0.2) is 0 Å². The molecule has 1 aromatic heterocycles. The molecule has 2 heterocycles. The summed E-state index contributed by atoms with van der Waals surface area (Å²) in [6.45, 7) is 3.41. The number of nitrogens with zero attached hydrogens (tertiary/aromatic N) is 2. The molecule has 0 saturated carbocycles. The lowest BCUT2D eigenvalue weighted by Crippen LogP contribution is -2.36. The van der Waals surface area contributed by atoms with Gasteiger partial charge >= 0.3 is 0 Å². The number of aliphatic hydroxyl groups is 1. The average molecular weight is 401 g/mol. The Bertz CT molecular complexity index is 890. The summed E-state index contributed by atoms with van der Waals surface area (Å²) in [7, 11) is 3.83. The number of Topliss-reactive ketones (excluding diaryl/α,β-unsaturated/α-hetero) is 1. The van der Waals surface area contributed by atoms with Crippen molar-refractivity contribution in [1.82, 2.24) is 9.80 Å². The van der Waals surface area contributed by atoms with Crippen LogP contribution in [0.4, 0.5) is 0 Å². The van der Waals surface area contributed by atoms with Gasteiger partial charge in [-0.1, -0.05) is 18.2 Å². The van der Waals surface area contributed by atoms with Gasteiger partial charge in [0.25, 0.3) is 5.91 Å². The largest absolute Gasteiger partial charge is 0.503 e. The van der Waals surface area contributed by atoms with Gasteiger partial charge in [0.05, 0.1) is 23.1 Å². The number of carbonyl (C=O) groups is 2. The molecule has 28 heavy (non-hydrogen) atoms. The fourth-order valence-electron chi connectivity index (χ4n) is 3.25. The lowest BCUT2D eigenvalue weighted by atomic mass is 9.95. The molecule has 1 aliphatic rings. The van der Waals surface area contributed by atoms with Gasteiger partial charge in [-0.15, -0.1) is 11.3 Å². The van der Waals surface area contributed by atoms with Crippen LogP contribution in [-0.4, -0.2) is 60.4 Å². The molecule has 3 rings (SSSR count). The van der Waals surface area contributed by atoms with Crippen molar-refractivity contribution in [2.24, 2.45) is 0 Å². The first-order valence-electron chi connectivity index (χ1n) is 9.13. The van der Waals surface area contributed by atoms with Crippen LogP contribution in [-0.2, 0) is 4.79 Å². The molecular formula is C21H24N2O4S. The van der Waals surface area contributed by atoms with E-state index in [0.717, 1.165) is 5.56 Å². The molecule has 0 radical (unpaired) electrons. The summed E-state index contributed by atoms with van der Waals surface area (Å²) in [5.74, 6) is -0.646. The number of benzene rings is 1. The molecule has 2 aromatic rings. The highest BCUT2D eigenvalue weighted by Gasteiger charge is 2.43. The second kappa shape index (κ2) is 8.58. The summed E-state index contributed by atoms with van der Waals surface area (Å²) in [5.41, 5.74) is 0.863. The lowest BCUT2D eigenvalue weighted by molar-refractivity contribution is -0.129. The predicted molar refractivity (Wildman–Crippen MR) is 109 cm³/mol. The number of carbonyl (C=O) groups excluding carboxylic acids is 2. The smallest absolute Gasteiger partial charge is 0.290 e. The van der Waals surface area contributed by atoms with Crippen LogP contribution in [0.2, 0.25) is 0 Å². The zero-order valence-electron chi connectivity index (χ0n) is 16.2. The molecule has 7 heteroatoms. The standard InChI is InChI=1S/C21H24N2O4S/c1-4-27-15-8-5-7-14(13-15)18-17(19(24)16-9-6-12-28-16)20(25)21(26)23(18)11-10-22(2)3/h5-9,12-13,18,25H,4,10-11H2,1-3H3. The maximum Gasteiger partial charge on any atom is 0.290 e. The zero-order chi connectivity index (χ0) is 20.3. The first-order valence-corrected chi connectivity index (χ1v) is 10.0. The minimum Gasteiger partial charge on any atom is -0.503 e. The number of amides is 1. The molecule has 148 valence electrons. The van der Waals surface area contributed by atoms with E-state index < -0.39 is 17.7 Å². The number of likely N-dealkylation sites (N-methyl/N-ethyl adjacent to an activating group) is 1. The Morgan fingerprint density at radius 3 is 2.71 bits per heavy atom. The number of aliphatic hydroxyl groups excluding tert-OH is 1. The van der Waals surface area contributed by atoms with Crippen molar-refractivity contribution in [3.05, 3.63) is 63.6 Å². The van der Waals surface area contributed by atoms with Crippen molar-refractivity contribution >= 4 is 23.0 Å². The minimum absolute atomic E-state index is 0.125. The Morgan fingerprint density at radius 2 is 2.07 bits per heavy atom. The third kappa shape index (κ3) is 3.95. The summed E-state index contributed by atoms with van der Waals surface area (Å²) in [4.78, 5) is 29.9. The van der Waals surface area contributed by atoms with E-state index in [9.17, 15) is 14.7 Å². The summed E-state index contributed by atoms with van der Waals surface area (Å²) < 4.78 is 5.59. The van der Waals surface area contributed by atoms with Gasteiger partial charge in [0.15, 0.2) is 5.76 Å².